The fraction of sp³-hybridized carbons (Fsp3) is 0.600. The molecule has 108 valence electrons. The summed E-state index contributed by atoms with van der Waals surface area (Å²) in [7, 11) is 0. The average molecular weight is 308 g/mol. The monoisotopic (exact) mass is 308 g/mol. The predicted molar refractivity (Wildman–Crippen MR) is 85.2 cm³/mol. The third-order valence-electron chi connectivity index (χ3n) is 4.32. The van der Waals surface area contributed by atoms with Crippen LogP contribution < -0.4 is 0 Å². The molecule has 3 rings (SSSR count). The Balaban J connectivity index is 1.58. The van der Waals surface area contributed by atoms with Crippen molar-refractivity contribution in [1.82, 2.24) is 9.88 Å². The first-order chi connectivity index (χ1) is 9.78. The van der Waals surface area contributed by atoms with Gasteiger partial charge in [0.2, 0.25) is 5.91 Å². The molecule has 0 N–H and O–H groups in total. The first-order valence-electron chi connectivity index (χ1n) is 7.14. The van der Waals surface area contributed by atoms with Gasteiger partial charge in [-0.2, -0.15) is 11.8 Å². The van der Waals surface area contributed by atoms with Gasteiger partial charge in [-0.3, -0.25) is 9.78 Å². The fourth-order valence-electron chi connectivity index (χ4n) is 3.38. The zero-order valence-corrected chi connectivity index (χ0v) is 13.3. The van der Waals surface area contributed by atoms with Crippen LogP contribution in [-0.2, 0) is 4.79 Å². The molecule has 2 unspecified atom stereocenters. The highest BCUT2D eigenvalue weighted by Gasteiger charge is 2.42. The molecule has 2 atom stereocenters. The quantitative estimate of drug-likeness (QED) is 0.801. The molecule has 5 heteroatoms. The van der Waals surface area contributed by atoms with E-state index in [1.807, 2.05) is 23.9 Å². The second-order valence-corrected chi connectivity index (χ2v) is 7.67. The van der Waals surface area contributed by atoms with Gasteiger partial charge < -0.3 is 4.90 Å². The summed E-state index contributed by atoms with van der Waals surface area (Å²) < 4.78 is 0. The maximum absolute atomic E-state index is 12.5. The minimum absolute atomic E-state index is 0.318. The molecule has 2 saturated heterocycles. The number of piperidine rings is 1. The molecule has 1 aromatic rings. The lowest BCUT2D eigenvalue weighted by Gasteiger charge is -2.38. The van der Waals surface area contributed by atoms with Crippen molar-refractivity contribution in [3.8, 4) is 0 Å². The van der Waals surface area contributed by atoms with Crippen LogP contribution in [0.25, 0.3) is 0 Å². The number of pyridine rings is 1. The lowest BCUT2D eigenvalue weighted by Crippen LogP contribution is -2.48. The molecule has 0 aromatic carbocycles. The van der Waals surface area contributed by atoms with E-state index in [2.05, 4.69) is 16.1 Å². The molecule has 20 heavy (non-hydrogen) atoms. The zero-order chi connectivity index (χ0) is 13.9. The van der Waals surface area contributed by atoms with E-state index in [0.29, 0.717) is 23.7 Å². The largest absolute Gasteiger partial charge is 0.336 e. The SMILES string of the molecule is CSC1CC2CCC(C1)N2C(=O)CSc1ccncc1. The van der Waals surface area contributed by atoms with Gasteiger partial charge in [-0.05, 0) is 44.1 Å². The normalized spacial score (nSPS) is 28.6. The number of fused-ring (bicyclic) bond motifs is 2. The number of nitrogens with zero attached hydrogens (tertiary/aromatic N) is 2. The highest BCUT2D eigenvalue weighted by Crippen LogP contribution is 2.40. The summed E-state index contributed by atoms with van der Waals surface area (Å²) >= 11 is 3.59. The van der Waals surface area contributed by atoms with Crippen LogP contribution in [0.1, 0.15) is 25.7 Å². The molecule has 2 aliphatic heterocycles. The molecule has 2 fully saturated rings. The molecule has 0 spiro atoms. The van der Waals surface area contributed by atoms with Crippen LogP contribution >= 0.6 is 23.5 Å². The molecular weight excluding hydrogens is 288 g/mol. The Morgan fingerprint density at radius 1 is 1.30 bits per heavy atom. The Hall–Kier alpha value is -0.680. The van der Waals surface area contributed by atoms with Crippen LogP contribution in [0, 0.1) is 0 Å². The second kappa shape index (κ2) is 6.39. The molecule has 0 aliphatic carbocycles. The lowest BCUT2D eigenvalue weighted by molar-refractivity contribution is -0.132. The highest BCUT2D eigenvalue weighted by atomic mass is 32.2. The third kappa shape index (κ3) is 2.98. The molecule has 2 aliphatic rings. The molecule has 0 saturated carbocycles. The maximum atomic E-state index is 12.5. The number of carbonyl (C=O) groups excluding carboxylic acids is 1. The van der Waals surface area contributed by atoms with Crippen LogP contribution in [0.5, 0.6) is 0 Å². The Morgan fingerprint density at radius 3 is 2.55 bits per heavy atom. The van der Waals surface area contributed by atoms with Gasteiger partial charge in [0.05, 0.1) is 5.75 Å². The Kier molecular flexibility index (Phi) is 4.56. The van der Waals surface area contributed by atoms with Gasteiger partial charge in [0.1, 0.15) is 0 Å². The van der Waals surface area contributed by atoms with Crippen molar-refractivity contribution in [3.63, 3.8) is 0 Å². The predicted octanol–water partition coefficient (Wildman–Crippen LogP) is 3.06. The van der Waals surface area contributed by atoms with Gasteiger partial charge in [-0.25, -0.2) is 0 Å². The first-order valence-corrected chi connectivity index (χ1v) is 9.42. The van der Waals surface area contributed by atoms with Crippen molar-refractivity contribution >= 4 is 29.4 Å². The van der Waals surface area contributed by atoms with E-state index >= 15 is 0 Å². The topological polar surface area (TPSA) is 33.2 Å². The van der Waals surface area contributed by atoms with Gasteiger partial charge in [0.15, 0.2) is 0 Å². The molecule has 1 amide bonds. The van der Waals surface area contributed by atoms with Gasteiger partial charge in [-0.15, -0.1) is 11.8 Å². The van der Waals surface area contributed by atoms with Crippen LogP contribution in [0.3, 0.4) is 0 Å². The first kappa shape index (κ1) is 14.3. The Bertz CT molecular complexity index is 454. The van der Waals surface area contributed by atoms with Gasteiger partial charge in [0.25, 0.3) is 0 Å². The third-order valence-corrected chi connectivity index (χ3v) is 6.37. The summed E-state index contributed by atoms with van der Waals surface area (Å²) in [6, 6.07) is 4.92. The van der Waals surface area contributed by atoms with E-state index in [0.717, 1.165) is 10.1 Å². The maximum Gasteiger partial charge on any atom is 0.233 e. The van der Waals surface area contributed by atoms with Crippen molar-refractivity contribution in [2.45, 2.75) is 47.9 Å². The molecule has 3 nitrogen and oxygen atoms in total. The fourth-order valence-corrected chi connectivity index (χ4v) is 4.96. The number of thioether (sulfide) groups is 2. The Labute approximate surface area is 128 Å². The standard InChI is InChI=1S/C15H20N2OS2/c1-19-14-8-11-2-3-12(9-14)17(11)15(18)10-20-13-4-6-16-7-5-13/h4-7,11-12,14H,2-3,8-10H2,1H3. The highest BCUT2D eigenvalue weighted by molar-refractivity contribution is 8.00. The van der Waals surface area contributed by atoms with Crippen LogP contribution in [0.4, 0.5) is 0 Å². The average Bonchev–Trinajstić information content (AvgIpc) is 2.76. The summed E-state index contributed by atoms with van der Waals surface area (Å²) in [5.41, 5.74) is 0. The summed E-state index contributed by atoms with van der Waals surface area (Å²) in [6.07, 6.45) is 10.5. The Morgan fingerprint density at radius 2 is 1.95 bits per heavy atom. The van der Waals surface area contributed by atoms with E-state index in [9.17, 15) is 4.79 Å². The molecular formula is C15H20N2OS2. The van der Waals surface area contributed by atoms with E-state index in [1.54, 1.807) is 24.2 Å². The second-order valence-electron chi connectivity index (χ2n) is 5.49. The van der Waals surface area contributed by atoms with E-state index in [-0.39, 0.29) is 0 Å². The van der Waals surface area contributed by atoms with E-state index < -0.39 is 0 Å². The number of amides is 1. The van der Waals surface area contributed by atoms with E-state index in [1.165, 1.54) is 25.7 Å². The summed E-state index contributed by atoms with van der Waals surface area (Å²) in [6.45, 7) is 0. The van der Waals surface area contributed by atoms with Crippen molar-refractivity contribution in [3.05, 3.63) is 24.5 Å². The summed E-state index contributed by atoms with van der Waals surface area (Å²) in [4.78, 5) is 19.8. The van der Waals surface area contributed by atoms with E-state index in [4.69, 9.17) is 0 Å². The summed E-state index contributed by atoms with van der Waals surface area (Å²) in [5.74, 6) is 0.875. The minimum Gasteiger partial charge on any atom is -0.336 e. The molecule has 3 heterocycles. The van der Waals surface area contributed by atoms with Crippen LogP contribution in [0.2, 0.25) is 0 Å². The van der Waals surface area contributed by atoms with Crippen molar-refractivity contribution < 1.29 is 4.79 Å². The number of aromatic nitrogens is 1. The van der Waals surface area contributed by atoms with Crippen molar-refractivity contribution in [2.24, 2.45) is 0 Å². The number of hydrogen-bond acceptors (Lipinski definition) is 4. The lowest BCUT2D eigenvalue weighted by atomic mass is 10.0. The van der Waals surface area contributed by atoms with Gasteiger partial charge >= 0.3 is 0 Å². The number of hydrogen-bond donors (Lipinski definition) is 0. The molecule has 2 bridgehead atoms. The van der Waals surface area contributed by atoms with Crippen LogP contribution in [-0.4, -0.2) is 45.1 Å². The zero-order valence-electron chi connectivity index (χ0n) is 11.7. The van der Waals surface area contributed by atoms with Crippen LogP contribution in [0.15, 0.2) is 29.4 Å². The molecule has 1 aromatic heterocycles. The minimum atomic E-state index is 0.318. The number of carbonyl (C=O) groups is 1. The van der Waals surface area contributed by atoms with Gasteiger partial charge in [-0.1, -0.05) is 0 Å². The van der Waals surface area contributed by atoms with Gasteiger partial charge in [0, 0.05) is 34.6 Å². The smallest absolute Gasteiger partial charge is 0.233 e. The summed E-state index contributed by atoms with van der Waals surface area (Å²) in [5, 5.41) is 0.754. The molecule has 0 radical (unpaired) electrons. The van der Waals surface area contributed by atoms with Crippen molar-refractivity contribution in [1.29, 1.82) is 0 Å². The number of rotatable bonds is 4. The van der Waals surface area contributed by atoms with Crippen molar-refractivity contribution in [2.75, 3.05) is 12.0 Å².